The Labute approximate surface area is 292 Å². The van der Waals surface area contributed by atoms with E-state index in [1.54, 1.807) is 46.8 Å². The van der Waals surface area contributed by atoms with Crippen LogP contribution in [0.15, 0.2) is 40.4 Å². The van der Waals surface area contributed by atoms with Gasteiger partial charge in [0.05, 0.1) is 20.0 Å². The van der Waals surface area contributed by atoms with Crippen molar-refractivity contribution < 1.29 is 14.4 Å². The molecule has 8 radical (unpaired) electrons. The number of anilines is 2. The molecule has 0 aliphatic carbocycles. The van der Waals surface area contributed by atoms with E-state index in [4.69, 9.17) is 36.7 Å². The van der Waals surface area contributed by atoms with E-state index < -0.39 is 12.8 Å². The van der Waals surface area contributed by atoms with Crippen LogP contribution < -0.4 is 21.7 Å². The molecular formula is C27H41B6BrN8O3S. The highest BCUT2D eigenvalue weighted by Crippen LogP contribution is 2.23. The second kappa shape index (κ2) is 21.2. The van der Waals surface area contributed by atoms with E-state index in [1.807, 2.05) is 41.3 Å². The molecule has 238 valence electrons. The van der Waals surface area contributed by atoms with Crippen molar-refractivity contribution in [2.45, 2.75) is 12.8 Å². The zero-order chi connectivity index (χ0) is 35.0. The Bertz CT molecular complexity index is 1380. The Balaban J connectivity index is 0.000000413. The number of nitrogen functional groups attached to an aromatic ring is 1. The van der Waals surface area contributed by atoms with Crippen LogP contribution in [0.4, 0.5) is 11.4 Å². The van der Waals surface area contributed by atoms with E-state index in [2.05, 4.69) is 41.7 Å². The van der Waals surface area contributed by atoms with Crippen LogP contribution in [0.25, 0.3) is 0 Å². The van der Waals surface area contributed by atoms with E-state index in [0.29, 0.717) is 40.7 Å². The molecule has 0 saturated carbocycles. The molecule has 0 saturated heterocycles. The van der Waals surface area contributed by atoms with Gasteiger partial charge in [-0.1, -0.05) is 0 Å². The van der Waals surface area contributed by atoms with Gasteiger partial charge in [-0.15, -0.1) is 11.3 Å². The van der Waals surface area contributed by atoms with Crippen molar-refractivity contribution in [1.29, 1.82) is 0 Å². The lowest BCUT2D eigenvalue weighted by Gasteiger charge is -2.10. The zero-order valence-corrected chi connectivity index (χ0v) is 30.0. The molecule has 0 bridgehead atoms. The molecular weight excluding hydrogens is 661 g/mol. The van der Waals surface area contributed by atoms with Crippen LogP contribution in [-0.2, 0) is 14.1 Å². The average molecular weight is 703 g/mol. The quantitative estimate of drug-likeness (QED) is 0.154. The van der Waals surface area contributed by atoms with Crippen molar-refractivity contribution in [2.24, 2.45) is 14.1 Å². The largest absolute Gasteiger partial charge is 0.397 e. The first kappa shape index (κ1) is 41.3. The summed E-state index contributed by atoms with van der Waals surface area (Å²) in [6.07, 6.45) is 4.11. The Morgan fingerprint density at radius 1 is 0.826 bits per heavy atom. The fraction of sp³-hybridized carbons (Fsp3) is 0.444. The van der Waals surface area contributed by atoms with Gasteiger partial charge in [0.1, 0.15) is 11.4 Å². The van der Waals surface area contributed by atoms with Crippen molar-refractivity contribution in [3.05, 3.63) is 56.7 Å². The lowest BCUT2D eigenvalue weighted by atomic mass is 8.81. The van der Waals surface area contributed by atoms with Crippen molar-refractivity contribution >= 4 is 100 Å². The number of thiophene rings is 1. The van der Waals surface area contributed by atoms with Crippen LogP contribution in [-0.4, -0.2) is 135 Å². The van der Waals surface area contributed by atoms with Gasteiger partial charge >= 0.3 is 0 Å². The number of aromatic nitrogens is 2. The van der Waals surface area contributed by atoms with Gasteiger partial charge in [0, 0.05) is 83.3 Å². The predicted molar refractivity (Wildman–Crippen MR) is 201 cm³/mol. The molecule has 0 atom stereocenters. The van der Waals surface area contributed by atoms with Crippen LogP contribution in [0.2, 0.25) is 0 Å². The number of aryl methyl sites for hydroxylation is 2. The van der Waals surface area contributed by atoms with E-state index in [1.165, 1.54) is 11.3 Å². The Kier molecular flexibility index (Phi) is 19.0. The zero-order valence-electron chi connectivity index (χ0n) is 27.5. The van der Waals surface area contributed by atoms with Gasteiger partial charge in [0.2, 0.25) is 0 Å². The third kappa shape index (κ3) is 16.2. The number of carbonyl (C=O) groups excluding carboxylic acids is 3. The summed E-state index contributed by atoms with van der Waals surface area (Å²) in [6.45, 7) is 3.19. The first-order valence-electron chi connectivity index (χ1n) is 14.5. The monoisotopic (exact) mass is 702 g/mol. The van der Waals surface area contributed by atoms with E-state index in [9.17, 15) is 14.4 Å². The first-order chi connectivity index (χ1) is 21.5. The fourth-order valence-corrected chi connectivity index (χ4v) is 4.96. The highest BCUT2D eigenvalue weighted by molar-refractivity contribution is 9.11. The summed E-state index contributed by atoms with van der Waals surface area (Å²) in [5.74, 6) is -0.400. The predicted octanol–water partition coefficient (Wildman–Crippen LogP) is 0.787. The summed E-state index contributed by atoms with van der Waals surface area (Å²) >= 11 is 4.70. The summed E-state index contributed by atoms with van der Waals surface area (Å²) < 4.78 is 4.34. The molecule has 0 aliphatic rings. The second-order valence-corrected chi connectivity index (χ2v) is 13.5. The molecule has 3 rings (SSSR count). The van der Waals surface area contributed by atoms with E-state index >= 15 is 0 Å². The lowest BCUT2D eigenvalue weighted by Crippen LogP contribution is -2.38. The third-order valence-corrected chi connectivity index (χ3v) is 7.75. The van der Waals surface area contributed by atoms with Crippen LogP contribution in [0, 0.1) is 0 Å². The number of halogens is 1. The molecule has 3 aromatic heterocycles. The highest BCUT2D eigenvalue weighted by Gasteiger charge is 2.15. The molecule has 0 spiro atoms. The minimum atomic E-state index is -0.593. The van der Waals surface area contributed by atoms with Gasteiger partial charge in [-0.05, 0) is 94.3 Å². The molecule has 3 amide bonds. The number of carbonyl (C=O) groups is 3. The Morgan fingerprint density at radius 3 is 1.70 bits per heavy atom. The number of hydrogen-bond donors (Lipinski definition) is 4. The first-order valence-corrected chi connectivity index (χ1v) is 16.2. The van der Waals surface area contributed by atoms with Gasteiger partial charge in [0.25, 0.3) is 17.7 Å². The molecule has 46 heavy (non-hydrogen) atoms. The second-order valence-electron chi connectivity index (χ2n) is 11.0. The van der Waals surface area contributed by atoms with Crippen LogP contribution in [0.5, 0.6) is 0 Å². The van der Waals surface area contributed by atoms with Crippen LogP contribution in [0.3, 0.4) is 0 Å². The van der Waals surface area contributed by atoms with Gasteiger partial charge in [-0.2, -0.15) is 0 Å². The summed E-state index contributed by atoms with van der Waals surface area (Å²) in [5, 5.41) is 8.57. The van der Waals surface area contributed by atoms with Gasteiger partial charge in [-0.25, -0.2) is 0 Å². The number of nitrogens with zero attached hydrogens (tertiary/aromatic N) is 4. The molecule has 0 aliphatic heterocycles. The summed E-state index contributed by atoms with van der Waals surface area (Å²) in [4.78, 5) is 40.9. The number of hydrogen-bond acceptors (Lipinski definition) is 7. The minimum absolute atomic E-state index is 0.0713. The normalized spacial score (nSPS) is 10.4. The van der Waals surface area contributed by atoms with E-state index in [0.717, 1.165) is 29.7 Å². The molecule has 11 nitrogen and oxygen atoms in total. The molecule has 0 aromatic carbocycles. The SMILES string of the molecule is CN(C)CCCNC(=O)c1cc(N)cn1C.CN(C)CCCNC(=O)c1cc(NC(=O)c2ccc(Br)s2)cn1C.[B]B([B])B([B])[B]. The molecule has 3 aromatic rings. The fourth-order valence-electron chi connectivity index (χ4n) is 3.68. The number of nitrogens with one attached hydrogen (secondary N) is 3. The van der Waals surface area contributed by atoms with Crippen molar-refractivity contribution in [2.75, 3.05) is 65.4 Å². The smallest absolute Gasteiger partial charge is 0.267 e. The van der Waals surface area contributed by atoms with Crippen LogP contribution in [0.1, 0.15) is 43.5 Å². The van der Waals surface area contributed by atoms with Crippen molar-refractivity contribution in [1.82, 2.24) is 29.6 Å². The van der Waals surface area contributed by atoms with Crippen molar-refractivity contribution in [3.63, 3.8) is 0 Å². The summed E-state index contributed by atoms with van der Waals surface area (Å²) in [6, 6.07) is 6.95. The number of nitrogens with two attached hydrogens (primary N) is 1. The highest BCUT2D eigenvalue weighted by atomic mass is 79.9. The van der Waals surface area contributed by atoms with Crippen molar-refractivity contribution in [3.8, 4) is 0 Å². The maximum atomic E-state index is 12.2. The molecule has 0 fully saturated rings. The van der Waals surface area contributed by atoms with Gasteiger partial charge in [0.15, 0.2) is 0 Å². The topological polar surface area (TPSA) is 130 Å². The number of amides is 3. The minimum Gasteiger partial charge on any atom is -0.397 e. The molecule has 5 N–H and O–H groups in total. The molecule has 19 heteroatoms. The molecule has 0 unspecified atom stereocenters. The summed E-state index contributed by atoms with van der Waals surface area (Å²) in [7, 11) is 31.5. The Morgan fingerprint density at radius 2 is 1.30 bits per heavy atom. The molecule has 3 heterocycles. The average Bonchev–Trinajstić information content (AvgIpc) is 3.66. The summed E-state index contributed by atoms with van der Waals surface area (Å²) in [5.41, 5.74) is 7.93. The van der Waals surface area contributed by atoms with E-state index in [-0.39, 0.29) is 17.7 Å². The van der Waals surface area contributed by atoms with Gasteiger partial charge in [-0.3, -0.25) is 14.4 Å². The maximum absolute atomic E-state index is 12.2. The standard InChI is InChI=1S/C16H21BrN4O2S.C11H20N4O.B6/c1-20(2)8-4-7-18-15(22)12-9-11(10-21(12)3)19-16(23)13-5-6-14(17)24-13;1-14(2)6-4-5-13-11(16)10-7-9(12)8-15(10)3;1-5(2)6(3)4/h5-6,9-10H,4,7-8H2,1-3H3,(H,18,22)(H,19,23);7-8H,4-6,12H2,1-3H3,(H,13,16);. The Hall–Kier alpha value is -2.74. The van der Waals surface area contributed by atoms with Crippen LogP contribution >= 0.6 is 27.3 Å². The van der Waals surface area contributed by atoms with Gasteiger partial charge < -0.3 is 40.6 Å². The maximum Gasteiger partial charge on any atom is 0.267 e. The lowest BCUT2D eigenvalue weighted by molar-refractivity contribution is 0.0936. The number of rotatable bonds is 13. The third-order valence-electron chi connectivity index (χ3n) is 6.13.